The fourth-order valence-electron chi connectivity index (χ4n) is 0. The van der Waals surface area contributed by atoms with Gasteiger partial charge in [0.05, 0.1) is 0 Å². The summed E-state index contributed by atoms with van der Waals surface area (Å²) in [5.74, 6) is 0. The molecule has 0 saturated heterocycles. The van der Waals surface area contributed by atoms with Gasteiger partial charge in [0.25, 0.3) is 0 Å². The molecule has 1 atom stereocenters. The molecule has 1 radical (unpaired) electrons. The molecule has 0 bridgehead atoms. The first-order valence-electron chi connectivity index (χ1n) is 1.56. The Bertz CT molecular complexity index is 8.85. The molecule has 0 nitrogen and oxygen atoms in total. The van der Waals surface area contributed by atoms with Crippen LogP contribution in [0.3, 0.4) is 0 Å². The molecule has 5 heavy (non-hydrogen) atoms. The predicted molar refractivity (Wildman–Crippen MR) is 24.8 cm³/mol. The van der Waals surface area contributed by atoms with Gasteiger partial charge in [0, 0.05) is 25.8 Å². The molecule has 0 aromatic heterocycles. The summed E-state index contributed by atoms with van der Waals surface area (Å²) in [7, 11) is 1.14. The second kappa shape index (κ2) is 9.00. The summed E-state index contributed by atoms with van der Waals surface area (Å²) in [4.78, 5) is 0. The van der Waals surface area contributed by atoms with Crippen LogP contribution in [0.5, 0.6) is 0 Å². The van der Waals surface area contributed by atoms with Crippen molar-refractivity contribution in [2.45, 2.75) is 6.92 Å². The molecule has 2 heteroatoms. The third-order valence-corrected chi connectivity index (χ3v) is 1.06. The average molecular weight is 121 g/mol. The normalized spacial score (nSPS) is 8.40. The van der Waals surface area contributed by atoms with Crippen molar-refractivity contribution in [1.82, 2.24) is 0 Å². The third-order valence-electron chi connectivity index (χ3n) is 0.354. The third kappa shape index (κ3) is 10.9. The quantitative estimate of drug-likeness (QED) is 0.459. The molecule has 0 aliphatic rings. The SMILES string of the molecule is CCPC.[Sc]. The van der Waals surface area contributed by atoms with Crippen LogP contribution in [-0.2, 0) is 25.8 Å². The zero-order valence-electron chi connectivity index (χ0n) is 3.78. The van der Waals surface area contributed by atoms with Gasteiger partial charge in [-0.1, -0.05) is 6.92 Å². The smallest absolute Gasteiger partial charge is 0 e. The summed E-state index contributed by atoms with van der Waals surface area (Å²) in [5.41, 5.74) is 0. The van der Waals surface area contributed by atoms with Crippen molar-refractivity contribution in [2.24, 2.45) is 0 Å². The van der Waals surface area contributed by atoms with E-state index in [1.165, 1.54) is 6.16 Å². The number of hydrogen-bond acceptors (Lipinski definition) is 0. The first kappa shape index (κ1) is 9.57. The van der Waals surface area contributed by atoms with E-state index >= 15 is 0 Å². The van der Waals surface area contributed by atoms with E-state index in [1.807, 2.05) is 0 Å². The van der Waals surface area contributed by atoms with Crippen molar-refractivity contribution < 1.29 is 25.8 Å². The molecule has 0 spiro atoms. The van der Waals surface area contributed by atoms with E-state index in [4.69, 9.17) is 0 Å². The maximum Gasteiger partial charge on any atom is 0 e. The van der Waals surface area contributed by atoms with Crippen molar-refractivity contribution in [3.05, 3.63) is 0 Å². The van der Waals surface area contributed by atoms with Gasteiger partial charge in [-0.15, -0.1) is 8.58 Å². The van der Waals surface area contributed by atoms with Crippen LogP contribution < -0.4 is 0 Å². The standard InChI is InChI=1S/C3H9P.Sc/c1-3-4-2;/h4H,3H2,1-2H3;. The van der Waals surface area contributed by atoms with Gasteiger partial charge < -0.3 is 0 Å². The summed E-state index contributed by atoms with van der Waals surface area (Å²) in [5, 5.41) is 0. The van der Waals surface area contributed by atoms with Crippen molar-refractivity contribution >= 4 is 8.58 Å². The molecule has 0 saturated carbocycles. The average Bonchev–Trinajstić information content (AvgIpc) is 1.37. The molecule has 0 aromatic carbocycles. The van der Waals surface area contributed by atoms with Gasteiger partial charge in [0.15, 0.2) is 0 Å². The Labute approximate surface area is 54.3 Å². The van der Waals surface area contributed by atoms with Crippen molar-refractivity contribution in [3.8, 4) is 0 Å². The Hall–Kier alpha value is 1.30. The predicted octanol–water partition coefficient (Wildman–Crippen LogP) is 1.31. The Balaban J connectivity index is 0. The summed E-state index contributed by atoms with van der Waals surface area (Å²) in [6.45, 7) is 4.40. The van der Waals surface area contributed by atoms with Crippen LogP contribution in [0.15, 0.2) is 0 Å². The topological polar surface area (TPSA) is 0 Å². The van der Waals surface area contributed by atoms with Gasteiger partial charge in [0.1, 0.15) is 0 Å². The van der Waals surface area contributed by atoms with Crippen molar-refractivity contribution in [3.63, 3.8) is 0 Å². The van der Waals surface area contributed by atoms with Gasteiger partial charge in [-0.05, 0) is 12.8 Å². The fraction of sp³-hybridized carbons (Fsp3) is 1.00. The molecule has 0 aromatic rings. The fourth-order valence-corrected chi connectivity index (χ4v) is 0. The Kier molecular flexibility index (Phi) is 17.2. The van der Waals surface area contributed by atoms with E-state index in [0.717, 1.165) is 8.58 Å². The van der Waals surface area contributed by atoms with Gasteiger partial charge in [0.2, 0.25) is 0 Å². The molecular formula is C3H9PSc. The molecule has 0 aliphatic carbocycles. The maximum atomic E-state index is 2.21. The summed E-state index contributed by atoms with van der Waals surface area (Å²) >= 11 is 0. The van der Waals surface area contributed by atoms with Crippen molar-refractivity contribution in [1.29, 1.82) is 0 Å². The van der Waals surface area contributed by atoms with Crippen LogP contribution in [0.1, 0.15) is 6.92 Å². The molecular weight excluding hydrogens is 112 g/mol. The molecule has 0 heterocycles. The summed E-state index contributed by atoms with van der Waals surface area (Å²) in [6, 6.07) is 0. The van der Waals surface area contributed by atoms with E-state index in [9.17, 15) is 0 Å². The van der Waals surface area contributed by atoms with E-state index in [2.05, 4.69) is 13.6 Å². The monoisotopic (exact) mass is 121 g/mol. The van der Waals surface area contributed by atoms with Crippen LogP contribution in [0.25, 0.3) is 0 Å². The van der Waals surface area contributed by atoms with E-state index in [1.54, 1.807) is 0 Å². The molecule has 29 valence electrons. The summed E-state index contributed by atoms with van der Waals surface area (Å²) in [6.07, 6.45) is 1.35. The Morgan fingerprint density at radius 3 is 1.80 bits per heavy atom. The van der Waals surface area contributed by atoms with E-state index < -0.39 is 0 Å². The van der Waals surface area contributed by atoms with E-state index in [-0.39, 0.29) is 25.8 Å². The molecule has 0 N–H and O–H groups in total. The number of rotatable bonds is 1. The molecule has 0 aliphatic heterocycles. The second-order valence-corrected chi connectivity index (χ2v) is 2.12. The molecule has 0 fully saturated rings. The minimum atomic E-state index is 0. The zero-order chi connectivity index (χ0) is 3.41. The first-order chi connectivity index (χ1) is 1.91. The minimum Gasteiger partial charge on any atom is -0.126 e. The van der Waals surface area contributed by atoms with Crippen LogP contribution in [0.4, 0.5) is 0 Å². The molecule has 0 amide bonds. The second-order valence-electron chi connectivity index (χ2n) is 0.707. The van der Waals surface area contributed by atoms with Crippen LogP contribution in [0.2, 0.25) is 0 Å². The molecule has 0 rings (SSSR count). The largest absolute Gasteiger partial charge is 0.126 e. The number of hydrogen-bond donors (Lipinski definition) is 0. The Morgan fingerprint density at radius 2 is 1.80 bits per heavy atom. The summed E-state index contributed by atoms with van der Waals surface area (Å²) < 4.78 is 0. The van der Waals surface area contributed by atoms with Crippen LogP contribution in [-0.4, -0.2) is 12.8 Å². The van der Waals surface area contributed by atoms with E-state index in [0.29, 0.717) is 0 Å². The van der Waals surface area contributed by atoms with Crippen molar-refractivity contribution in [2.75, 3.05) is 12.8 Å². The van der Waals surface area contributed by atoms with Crippen LogP contribution >= 0.6 is 8.58 Å². The maximum absolute atomic E-state index is 2.21. The van der Waals surface area contributed by atoms with Gasteiger partial charge in [-0.3, -0.25) is 0 Å². The van der Waals surface area contributed by atoms with Gasteiger partial charge in [-0.25, -0.2) is 0 Å². The zero-order valence-corrected chi connectivity index (χ0v) is 6.59. The first-order valence-corrected chi connectivity index (χ1v) is 3.27. The Morgan fingerprint density at radius 1 is 1.60 bits per heavy atom. The van der Waals surface area contributed by atoms with Gasteiger partial charge >= 0.3 is 0 Å². The molecule has 1 unspecified atom stereocenters. The van der Waals surface area contributed by atoms with Crippen LogP contribution in [0, 0.1) is 0 Å². The minimum absolute atomic E-state index is 0. The van der Waals surface area contributed by atoms with Gasteiger partial charge in [-0.2, -0.15) is 0 Å².